The Balaban J connectivity index is 1.50. The average molecular weight is 413 g/mol. The van der Waals surface area contributed by atoms with E-state index < -0.39 is 10.0 Å². The highest BCUT2D eigenvalue weighted by Crippen LogP contribution is 2.61. The van der Waals surface area contributed by atoms with Crippen LogP contribution in [0.4, 0.5) is 0 Å². The van der Waals surface area contributed by atoms with Gasteiger partial charge in [-0.05, 0) is 106 Å². The Labute approximate surface area is 174 Å². The number of nitrogens with zero attached hydrogens (tertiary/aromatic N) is 1. The van der Waals surface area contributed by atoms with Gasteiger partial charge in [0, 0.05) is 5.57 Å². The molecule has 4 saturated carbocycles. The standard InChI is InChI=1S/C24H32N2O2S/c1-14-5-6-21(7-15(14)2)22-16(3)23(26-29(22,27)28)25-17(4)24-11-18-8-19(12-24)10-20(9-18)13-24/h5-7,17-20H,8-13H2,1-4H3,(H,25,26)/t17-,18?,19?,20?,24?/m1/s1. The summed E-state index contributed by atoms with van der Waals surface area (Å²) in [5.74, 6) is 3.16. The highest BCUT2D eigenvalue weighted by atomic mass is 32.2. The number of aryl methyl sites for hydroxylation is 2. The van der Waals surface area contributed by atoms with Crippen LogP contribution < -0.4 is 4.72 Å². The molecule has 4 fully saturated rings. The largest absolute Gasteiger partial charge is 0.264 e. The van der Waals surface area contributed by atoms with Crippen LogP contribution in [0.3, 0.4) is 0 Å². The first kappa shape index (κ1) is 19.3. The molecular weight excluding hydrogens is 380 g/mol. The molecule has 0 amide bonds. The Morgan fingerprint density at radius 1 is 1.00 bits per heavy atom. The second kappa shape index (κ2) is 6.44. The van der Waals surface area contributed by atoms with Crippen LogP contribution in [-0.2, 0) is 10.0 Å². The summed E-state index contributed by atoms with van der Waals surface area (Å²) >= 11 is 0. The molecule has 1 N–H and O–H groups in total. The highest BCUT2D eigenvalue weighted by Gasteiger charge is 2.53. The number of nitrogens with one attached hydrogen (secondary N) is 1. The van der Waals surface area contributed by atoms with Crippen LogP contribution in [0.15, 0.2) is 28.8 Å². The van der Waals surface area contributed by atoms with E-state index in [1.54, 1.807) is 0 Å². The summed E-state index contributed by atoms with van der Waals surface area (Å²) in [6, 6.07) is 6.03. The molecule has 5 heteroatoms. The summed E-state index contributed by atoms with van der Waals surface area (Å²) in [6.07, 6.45) is 8.05. The molecule has 1 aromatic rings. The fraction of sp³-hybridized carbons (Fsp3) is 0.625. The van der Waals surface area contributed by atoms with Gasteiger partial charge in [-0.1, -0.05) is 18.2 Å². The van der Waals surface area contributed by atoms with Gasteiger partial charge < -0.3 is 0 Å². The van der Waals surface area contributed by atoms with Gasteiger partial charge in [-0.3, -0.25) is 9.71 Å². The van der Waals surface area contributed by atoms with Crippen molar-refractivity contribution in [3.63, 3.8) is 0 Å². The average Bonchev–Trinajstić information content (AvgIpc) is 2.85. The number of hydrogen-bond acceptors (Lipinski definition) is 3. The highest BCUT2D eigenvalue weighted by molar-refractivity contribution is 8.00. The molecule has 29 heavy (non-hydrogen) atoms. The van der Waals surface area contributed by atoms with Crippen LogP contribution in [-0.4, -0.2) is 20.3 Å². The van der Waals surface area contributed by atoms with Crippen molar-refractivity contribution in [2.24, 2.45) is 28.2 Å². The molecular formula is C24H32N2O2S. The molecule has 156 valence electrons. The number of sulfonamides is 1. The maximum atomic E-state index is 13.0. The predicted molar refractivity (Wildman–Crippen MR) is 118 cm³/mol. The molecule has 0 radical (unpaired) electrons. The van der Waals surface area contributed by atoms with Crippen molar-refractivity contribution < 1.29 is 8.42 Å². The van der Waals surface area contributed by atoms with Gasteiger partial charge in [-0.2, -0.15) is 0 Å². The summed E-state index contributed by atoms with van der Waals surface area (Å²) in [5.41, 5.74) is 4.05. The van der Waals surface area contributed by atoms with Gasteiger partial charge in [0.1, 0.15) is 10.7 Å². The van der Waals surface area contributed by atoms with Crippen molar-refractivity contribution >= 4 is 20.8 Å². The van der Waals surface area contributed by atoms with Crippen LogP contribution in [0.5, 0.6) is 0 Å². The van der Waals surface area contributed by atoms with E-state index in [-0.39, 0.29) is 11.5 Å². The number of amidine groups is 1. The molecule has 5 aliphatic rings. The van der Waals surface area contributed by atoms with Crippen molar-refractivity contribution in [1.82, 2.24) is 4.72 Å². The van der Waals surface area contributed by atoms with Crippen LogP contribution in [0, 0.1) is 37.0 Å². The third kappa shape index (κ3) is 3.08. The summed E-state index contributed by atoms with van der Waals surface area (Å²) in [5, 5.41) is 0. The Kier molecular flexibility index (Phi) is 4.29. The molecule has 0 unspecified atom stereocenters. The first-order valence-electron chi connectivity index (χ1n) is 11.1. The van der Waals surface area contributed by atoms with Gasteiger partial charge in [-0.15, -0.1) is 0 Å². The summed E-state index contributed by atoms with van der Waals surface area (Å²) in [4.78, 5) is 5.41. The van der Waals surface area contributed by atoms with E-state index in [0.717, 1.165) is 34.5 Å². The van der Waals surface area contributed by atoms with Gasteiger partial charge in [0.2, 0.25) is 0 Å². The molecule has 0 spiro atoms. The molecule has 0 saturated heterocycles. The maximum Gasteiger partial charge on any atom is 0.264 e. The van der Waals surface area contributed by atoms with E-state index in [2.05, 4.69) is 11.6 Å². The zero-order valence-electron chi connectivity index (χ0n) is 18.0. The SMILES string of the molecule is CC1=C(c2ccc(C)c(C)c2)S(=O)(=O)NC1=N[C@H](C)C12CC3CC(CC(C3)C1)C2. The number of hydrogen-bond donors (Lipinski definition) is 1. The third-order valence-corrected chi connectivity index (χ3v) is 9.80. The van der Waals surface area contributed by atoms with Gasteiger partial charge >= 0.3 is 0 Å². The van der Waals surface area contributed by atoms with Crippen molar-refractivity contribution in [3.05, 3.63) is 40.5 Å². The minimum atomic E-state index is -3.57. The molecule has 6 rings (SSSR count). The van der Waals surface area contributed by atoms with Crippen molar-refractivity contribution in [3.8, 4) is 0 Å². The second-order valence-electron chi connectivity index (χ2n) is 10.3. The second-order valence-corrected chi connectivity index (χ2v) is 11.9. The Hall–Kier alpha value is -1.62. The first-order valence-corrected chi connectivity index (χ1v) is 12.5. The van der Waals surface area contributed by atoms with Crippen LogP contribution in [0.25, 0.3) is 4.91 Å². The molecule has 0 aromatic heterocycles. The topological polar surface area (TPSA) is 58.5 Å². The van der Waals surface area contributed by atoms with Crippen LogP contribution in [0.1, 0.15) is 69.1 Å². The third-order valence-electron chi connectivity index (χ3n) is 8.26. The van der Waals surface area contributed by atoms with Crippen molar-refractivity contribution in [2.75, 3.05) is 0 Å². The fourth-order valence-corrected chi connectivity index (χ4v) is 8.46. The molecule has 1 aromatic carbocycles. The van der Waals surface area contributed by atoms with E-state index in [0.29, 0.717) is 10.7 Å². The van der Waals surface area contributed by atoms with Gasteiger partial charge in [-0.25, -0.2) is 8.42 Å². The predicted octanol–water partition coefficient (Wildman–Crippen LogP) is 4.97. The van der Waals surface area contributed by atoms with Gasteiger partial charge in [0.25, 0.3) is 10.0 Å². The lowest BCUT2D eigenvalue weighted by Crippen LogP contribution is -2.50. The quantitative estimate of drug-likeness (QED) is 0.762. The number of aliphatic imine (C=N–C) groups is 1. The summed E-state index contributed by atoms with van der Waals surface area (Å²) in [7, 11) is -3.57. The monoisotopic (exact) mass is 412 g/mol. The zero-order chi connectivity index (χ0) is 20.6. The van der Waals surface area contributed by atoms with Gasteiger partial charge in [0.15, 0.2) is 0 Å². The lowest BCUT2D eigenvalue weighted by Gasteiger charge is -2.58. The normalized spacial score (nSPS) is 37.2. The van der Waals surface area contributed by atoms with E-state index in [1.807, 2.05) is 39.0 Å². The van der Waals surface area contributed by atoms with E-state index in [1.165, 1.54) is 44.1 Å². The number of benzene rings is 1. The lowest BCUT2D eigenvalue weighted by atomic mass is 9.48. The zero-order valence-corrected chi connectivity index (χ0v) is 18.8. The summed E-state index contributed by atoms with van der Waals surface area (Å²) < 4.78 is 28.7. The molecule has 4 nitrogen and oxygen atoms in total. The summed E-state index contributed by atoms with van der Waals surface area (Å²) in [6.45, 7) is 8.18. The minimum absolute atomic E-state index is 0.155. The molecule has 1 heterocycles. The Morgan fingerprint density at radius 3 is 2.14 bits per heavy atom. The molecule has 4 aliphatic carbocycles. The van der Waals surface area contributed by atoms with E-state index >= 15 is 0 Å². The van der Waals surface area contributed by atoms with Crippen LogP contribution in [0.2, 0.25) is 0 Å². The molecule has 1 aliphatic heterocycles. The van der Waals surface area contributed by atoms with Crippen molar-refractivity contribution in [2.45, 2.75) is 72.3 Å². The van der Waals surface area contributed by atoms with Gasteiger partial charge in [0.05, 0.1) is 6.04 Å². The Morgan fingerprint density at radius 2 is 1.59 bits per heavy atom. The Bertz CT molecular complexity index is 1000. The molecule has 1 atom stereocenters. The number of rotatable bonds is 3. The maximum absolute atomic E-state index is 13.0. The van der Waals surface area contributed by atoms with E-state index in [4.69, 9.17) is 4.99 Å². The van der Waals surface area contributed by atoms with E-state index in [9.17, 15) is 8.42 Å². The lowest BCUT2D eigenvalue weighted by molar-refractivity contribution is -0.0633. The van der Waals surface area contributed by atoms with Crippen LogP contribution >= 0.6 is 0 Å². The first-order chi connectivity index (χ1) is 13.7. The molecule has 4 bridgehead atoms. The van der Waals surface area contributed by atoms with Crippen molar-refractivity contribution in [1.29, 1.82) is 0 Å². The fourth-order valence-electron chi connectivity index (χ4n) is 6.96. The minimum Gasteiger partial charge on any atom is -0.264 e. The smallest absolute Gasteiger partial charge is 0.264 e.